The molecule has 2 aromatic carbocycles. The number of nitrogens with zero attached hydrogens (tertiary/aromatic N) is 2. The Bertz CT molecular complexity index is 1020. The van der Waals surface area contributed by atoms with Crippen molar-refractivity contribution in [2.45, 2.75) is 6.42 Å². The number of aryl methyl sites for hydroxylation is 1. The summed E-state index contributed by atoms with van der Waals surface area (Å²) in [5.74, 6) is 0. The van der Waals surface area contributed by atoms with Gasteiger partial charge in [-0.05, 0) is 24.6 Å². The average Bonchev–Trinajstić information content (AvgIpc) is 2.73. The second-order valence-electron chi connectivity index (χ2n) is 6.26. The third-order valence-corrected chi connectivity index (χ3v) is 7.69. The molecule has 4 aromatic rings. The Hall–Kier alpha value is -2.77. The number of aromatic nitrogens is 2. The van der Waals surface area contributed by atoms with E-state index in [-0.39, 0.29) is 0 Å². The van der Waals surface area contributed by atoms with Gasteiger partial charge in [-0.25, -0.2) is 0 Å². The summed E-state index contributed by atoms with van der Waals surface area (Å²) < 4.78 is 14.0. The molecule has 0 saturated carbocycles. The Balaban J connectivity index is 1.68. The molecule has 0 fully saturated rings. The highest BCUT2D eigenvalue weighted by molar-refractivity contribution is 7.78. The van der Waals surface area contributed by atoms with Gasteiger partial charge >= 0.3 is 0 Å². The number of pyridine rings is 2. The normalized spacial score (nSPS) is 11.5. The van der Waals surface area contributed by atoms with Gasteiger partial charge in [-0.2, -0.15) is 0 Å². The van der Waals surface area contributed by atoms with Gasteiger partial charge in [0.25, 0.3) is 0 Å². The van der Waals surface area contributed by atoms with Crippen molar-refractivity contribution in [3.63, 3.8) is 0 Å². The monoisotopic (exact) mass is 358 g/mol. The first kappa shape index (κ1) is 16.7. The first-order valence-corrected chi connectivity index (χ1v) is 10.5. The van der Waals surface area contributed by atoms with Gasteiger partial charge in [0.2, 0.25) is 0 Å². The van der Waals surface area contributed by atoms with Gasteiger partial charge in [0.05, 0.1) is 5.52 Å². The van der Waals surface area contributed by atoms with Crippen molar-refractivity contribution >= 4 is 28.7 Å². The molecule has 0 aliphatic rings. The second kappa shape index (κ2) is 7.23. The van der Waals surface area contributed by atoms with Crippen LogP contribution in [0.2, 0.25) is 0 Å². The first-order valence-electron chi connectivity index (χ1n) is 8.66. The van der Waals surface area contributed by atoms with Crippen LogP contribution in [-0.2, 0) is 11.0 Å². The third kappa shape index (κ3) is 3.31. The van der Waals surface area contributed by atoms with Crippen LogP contribution in [0.25, 0.3) is 10.9 Å². The van der Waals surface area contributed by atoms with E-state index >= 15 is 0 Å². The minimum Gasteiger partial charge on any atom is -0.314 e. The van der Waals surface area contributed by atoms with Crippen LogP contribution < -0.4 is 10.6 Å². The lowest BCUT2D eigenvalue weighted by molar-refractivity contribution is 0.586. The number of hydrogen-bond donors (Lipinski definition) is 0. The van der Waals surface area contributed by atoms with E-state index in [0.717, 1.165) is 27.2 Å². The molecule has 0 radical (unpaired) electrons. The summed E-state index contributed by atoms with van der Waals surface area (Å²) in [6, 6.07) is 25.5. The van der Waals surface area contributed by atoms with Crippen LogP contribution in [0.1, 0.15) is 5.69 Å². The van der Waals surface area contributed by atoms with Gasteiger partial charge in [-0.15, -0.1) is 0 Å². The van der Waals surface area contributed by atoms with E-state index in [1.54, 1.807) is 6.20 Å². The zero-order valence-electron chi connectivity index (χ0n) is 14.3. The Morgan fingerprint density at radius 1 is 0.769 bits per heavy atom. The van der Waals surface area contributed by atoms with Crippen molar-refractivity contribution in [2.24, 2.45) is 0 Å². The largest absolute Gasteiger partial charge is 0.314 e. The Morgan fingerprint density at radius 2 is 1.42 bits per heavy atom. The quantitative estimate of drug-likeness (QED) is 0.503. The zero-order chi connectivity index (χ0) is 17.8. The van der Waals surface area contributed by atoms with E-state index in [0.29, 0.717) is 12.6 Å². The molecule has 0 aliphatic heterocycles. The summed E-state index contributed by atoms with van der Waals surface area (Å²) >= 11 is 0. The molecule has 3 nitrogen and oxygen atoms in total. The van der Waals surface area contributed by atoms with E-state index < -0.39 is 7.14 Å². The number of benzene rings is 2. The minimum absolute atomic E-state index is 0.560. The fourth-order valence-corrected chi connectivity index (χ4v) is 5.83. The number of hydrogen-bond acceptors (Lipinski definition) is 3. The van der Waals surface area contributed by atoms with Crippen molar-refractivity contribution in [3.8, 4) is 0 Å². The number of fused-ring (bicyclic) bond motifs is 1. The maximum absolute atomic E-state index is 14.0. The van der Waals surface area contributed by atoms with Crippen LogP contribution in [0.5, 0.6) is 0 Å². The molecular formula is C22H19N2OP. The molecule has 0 spiro atoms. The summed E-state index contributed by atoms with van der Waals surface area (Å²) in [7, 11) is -2.70. The van der Waals surface area contributed by atoms with E-state index in [1.807, 2.05) is 85.1 Å². The second-order valence-corrected chi connectivity index (χ2v) is 9.21. The van der Waals surface area contributed by atoms with Gasteiger partial charge < -0.3 is 4.57 Å². The van der Waals surface area contributed by atoms with Gasteiger partial charge in [0.1, 0.15) is 7.14 Å². The van der Waals surface area contributed by atoms with E-state index in [4.69, 9.17) is 4.98 Å². The van der Waals surface area contributed by atoms with Gasteiger partial charge in [-0.3, -0.25) is 9.97 Å². The standard InChI is InChI=1S/C22H19N2OP/c25-26(20-7-3-1-4-8-20,21-9-5-2-6-10-21)16-14-19-12-11-18-17-23-15-13-22(18)24-19/h1-13,15,17H,14,16H2. The summed E-state index contributed by atoms with van der Waals surface area (Å²) in [6.45, 7) is 0. The lowest BCUT2D eigenvalue weighted by Gasteiger charge is -2.19. The molecule has 0 atom stereocenters. The SMILES string of the molecule is O=P(CCc1ccc2cnccc2n1)(c1ccccc1)c1ccccc1. The van der Waals surface area contributed by atoms with E-state index in [1.165, 1.54) is 0 Å². The van der Waals surface area contributed by atoms with Crippen LogP contribution in [0.4, 0.5) is 0 Å². The molecule has 4 rings (SSSR count). The van der Waals surface area contributed by atoms with Crippen molar-refractivity contribution in [1.82, 2.24) is 9.97 Å². The summed E-state index contributed by atoms with van der Waals surface area (Å²) in [6.07, 6.45) is 4.78. The van der Waals surface area contributed by atoms with E-state index in [9.17, 15) is 4.57 Å². The molecular weight excluding hydrogens is 339 g/mol. The highest BCUT2D eigenvalue weighted by Crippen LogP contribution is 2.43. The van der Waals surface area contributed by atoms with Crippen LogP contribution in [0.15, 0.2) is 91.3 Å². The van der Waals surface area contributed by atoms with Crippen LogP contribution in [0, 0.1) is 0 Å². The molecule has 0 aliphatic carbocycles. The predicted octanol–water partition coefficient (Wildman–Crippen LogP) is 4.19. The predicted molar refractivity (Wildman–Crippen MR) is 108 cm³/mol. The first-order chi connectivity index (χ1) is 12.8. The Labute approximate surface area is 153 Å². The number of rotatable bonds is 5. The summed E-state index contributed by atoms with van der Waals surface area (Å²) in [5, 5.41) is 2.82. The van der Waals surface area contributed by atoms with E-state index in [2.05, 4.69) is 4.98 Å². The molecule has 0 amide bonds. The molecule has 0 saturated heterocycles. The Morgan fingerprint density at radius 3 is 2.08 bits per heavy atom. The molecule has 0 bridgehead atoms. The van der Waals surface area contributed by atoms with Crippen LogP contribution in [-0.4, -0.2) is 16.1 Å². The topological polar surface area (TPSA) is 42.9 Å². The van der Waals surface area contributed by atoms with Gasteiger partial charge in [0, 0.05) is 40.2 Å². The summed E-state index contributed by atoms with van der Waals surface area (Å²) in [4.78, 5) is 8.83. The van der Waals surface area contributed by atoms with Crippen molar-refractivity contribution in [3.05, 3.63) is 97.0 Å². The fraction of sp³-hybridized carbons (Fsp3) is 0.0909. The smallest absolute Gasteiger partial charge is 0.143 e. The maximum atomic E-state index is 14.0. The molecule has 0 N–H and O–H groups in total. The summed E-state index contributed by atoms with van der Waals surface area (Å²) in [5.41, 5.74) is 1.88. The lowest BCUT2D eigenvalue weighted by atomic mass is 10.2. The van der Waals surface area contributed by atoms with Crippen LogP contribution >= 0.6 is 7.14 Å². The molecule has 0 unspecified atom stereocenters. The van der Waals surface area contributed by atoms with Gasteiger partial charge in [-0.1, -0.05) is 60.7 Å². The minimum atomic E-state index is -2.70. The molecule has 2 heterocycles. The van der Waals surface area contributed by atoms with Crippen molar-refractivity contribution in [1.29, 1.82) is 0 Å². The third-order valence-electron chi connectivity index (χ3n) is 4.58. The van der Waals surface area contributed by atoms with Crippen molar-refractivity contribution in [2.75, 3.05) is 6.16 Å². The van der Waals surface area contributed by atoms with Crippen molar-refractivity contribution < 1.29 is 4.57 Å². The Kier molecular flexibility index (Phi) is 4.64. The molecule has 26 heavy (non-hydrogen) atoms. The molecule has 128 valence electrons. The highest BCUT2D eigenvalue weighted by atomic mass is 31.2. The van der Waals surface area contributed by atoms with Gasteiger partial charge in [0.15, 0.2) is 0 Å². The highest BCUT2D eigenvalue weighted by Gasteiger charge is 2.26. The lowest BCUT2D eigenvalue weighted by Crippen LogP contribution is -2.19. The average molecular weight is 358 g/mol. The molecule has 4 heteroatoms. The van der Waals surface area contributed by atoms with Crippen LogP contribution in [0.3, 0.4) is 0 Å². The zero-order valence-corrected chi connectivity index (χ0v) is 15.2. The maximum Gasteiger partial charge on any atom is 0.143 e. The fourth-order valence-electron chi connectivity index (χ4n) is 3.16. The molecule has 2 aromatic heterocycles.